The maximum atomic E-state index is 12.0. The summed E-state index contributed by atoms with van der Waals surface area (Å²) < 4.78 is 26.6. The first-order valence-corrected chi connectivity index (χ1v) is 7.88. The van der Waals surface area contributed by atoms with Gasteiger partial charge in [0, 0.05) is 11.9 Å². The number of benzene rings is 1. The van der Waals surface area contributed by atoms with E-state index in [1.165, 1.54) is 0 Å². The van der Waals surface area contributed by atoms with Crippen molar-refractivity contribution in [2.45, 2.75) is 36.3 Å². The molecule has 0 heterocycles. The molecule has 0 amide bonds. The molecule has 0 bridgehead atoms. The second kappa shape index (κ2) is 5.57. The van der Waals surface area contributed by atoms with E-state index in [1.54, 1.807) is 24.3 Å². The average Bonchev–Trinajstić information content (AvgIpc) is 2.28. The van der Waals surface area contributed by atoms with Gasteiger partial charge in [0.1, 0.15) is 0 Å². The van der Waals surface area contributed by atoms with Crippen molar-refractivity contribution in [1.82, 2.24) is 4.72 Å². The first kappa shape index (κ1) is 13.8. The number of hydrogen-bond donors (Lipinski definition) is 2. The van der Waals surface area contributed by atoms with Crippen LogP contribution in [0.3, 0.4) is 0 Å². The number of aliphatic hydroxyl groups is 1. The lowest BCUT2D eigenvalue weighted by molar-refractivity contribution is 0.0712. The van der Waals surface area contributed by atoms with Gasteiger partial charge in [0.15, 0.2) is 0 Å². The maximum absolute atomic E-state index is 12.0. The summed E-state index contributed by atoms with van der Waals surface area (Å²) in [4.78, 5) is 0.252. The molecule has 0 aliphatic heterocycles. The van der Waals surface area contributed by atoms with Crippen LogP contribution in [0.25, 0.3) is 0 Å². The van der Waals surface area contributed by atoms with Gasteiger partial charge in [0.2, 0.25) is 10.0 Å². The highest BCUT2D eigenvalue weighted by molar-refractivity contribution is 7.89. The van der Waals surface area contributed by atoms with E-state index in [1.807, 2.05) is 0 Å². The second-order valence-electron chi connectivity index (χ2n) is 4.53. The van der Waals surface area contributed by atoms with Crippen molar-refractivity contribution in [3.63, 3.8) is 0 Å². The van der Waals surface area contributed by atoms with Gasteiger partial charge in [-0.3, -0.25) is 0 Å². The first-order chi connectivity index (χ1) is 8.51. The van der Waals surface area contributed by atoms with E-state index in [0.29, 0.717) is 18.7 Å². The van der Waals surface area contributed by atoms with E-state index >= 15 is 0 Å². The molecule has 1 saturated carbocycles. The normalized spacial score (nSPS) is 23.7. The second-order valence-corrected chi connectivity index (χ2v) is 6.62. The predicted molar refractivity (Wildman–Crippen MR) is 70.2 cm³/mol. The van der Waals surface area contributed by atoms with Crippen LogP contribution in [0.1, 0.15) is 18.4 Å². The van der Waals surface area contributed by atoms with Crippen molar-refractivity contribution < 1.29 is 13.5 Å². The predicted octanol–water partition coefficient (Wildman–Crippen LogP) is 1.27. The number of sulfonamides is 1. The molecule has 18 heavy (non-hydrogen) atoms. The zero-order valence-electron chi connectivity index (χ0n) is 9.84. The van der Waals surface area contributed by atoms with Gasteiger partial charge in [-0.2, -0.15) is 0 Å². The van der Waals surface area contributed by atoms with Gasteiger partial charge < -0.3 is 5.11 Å². The van der Waals surface area contributed by atoms with Gasteiger partial charge >= 0.3 is 0 Å². The van der Waals surface area contributed by atoms with Crippen molar-refractivity contribution in [2.24, 2.45) is 0 Å². The van der Waals surface area contributed by atoms with Crippen LogP contribution in [-0.2, 0) is 16.4 Å². The fourth-order valence-electron chi connectivity index (χ4n) is 1.92. The van der Waals surface area contributed by atoms with Crippen molar-refractivity contribution in [3.8, 4) is 0 Å². The molecule has 0 unspecified atom stereocenters. The molecule has 4 nitrogen and oxygen atoms in total. The number of halogens is 1. The van der Waals surface area contributed by atoms with E-state index < -0.39 is 10.0 Å². The van der Waals surface area contributed by atoms with Gasteiger partial charge in [0.25, 0.3) is 0 Å². The molecular weight excluding hydrogens is 274 g/mol. The lowest BCUT2D eigenvalue weighted by Crippen LogP contribution is -2.46. The first-order valence-electron chi connectivity index (χ1n) is 5.86. The Morgan fingerprint density at radius 2 is 1.89 bits per heavy atom. The standard InChI is InChI=1S/C12H16ClNO3S/c13-6-5-9-1-3-12(4-2-9)18(16,17)14-10-7-11(15)8-10/h1-4,10-11,14-15H,5-8H2. The van der Waals surface area contributed by atoms with Crippen LogP contribution in [0.15, 0.2) is 29.2 Å². The lowest BCUT2D eigenvalue weighted by atomic mass is 9.91. The minimum Gasteiger partial charge on any atom is -0.393 e. The molecule has 0 atom stereocenters. The summed E-state index contributed by atoms with van der Waals surface area (Å²) in [5.41, 5.74) is 1.02. The minimum atomic E-state index is -3.47. The largest absolute Gasteiger partial charge is 0.393 e. The minimum absolute atomic E-state index is 0.146. The Bertz CT molecular complexity index is 495. The molecule has 1 aromatic carbocycles. The van der Waals surface area contributed by atoms with Gasteiger partial charge in [0.05, 0.1) is 11.0 Å². The van der Waals surface area contributed by atoms with Crippen LogP contribution in [0, 0.1) is 0 Å². The number of nitrogens with one attached hydrogen (secondary N) is 1. The Kier molecular flexibility index (Phi) is 4.27. The fraction of sp³-hybridized carbons (Fsp3) is 0.500. The summed E-state index contributed by atoms with van der Waals surface area (Å²) in [7, 11) is -3.47. The number of aliphatic hydroxyl groups excluding tert-OH is 1. The maximum Gasteiger partial charge on any atom is 0.240 e. The van der Waals surface area contributed by atoms with Gasteiger partial charge in [-0.25, -0.2) is 13.1 Å². The van der Waals surface area contributed by atoms with Crippen molar-refractivity contribution in [3.05, 3.63) is 29.8 Å². The van der Waals surface area contributed by atoms with E-state index in [4.69, 9.17) is 16.7 Å². The number of aryl methyl sites for hydroxylation is 1. The highest BCUT2D eigenvalue weighted by Crippen LogP contribution is 2.22. The van der Waals surface area contributed by atoms with E-state index in [9.17, 15) is 8.42 Å². The van der Waals surface area contributed by atoms with Crippen LogP contribution < -0.4 is 4.72 Å². The molecular formula is C12H16ClNO3S. The summed E-state index contributed by atoms with van der Waals surface area (Å²) in [5, 5.41) is 9.13. The molecule has 100 valence electrons. The van der Waals surface area contributed by atoms with E-state index in [0.717, 1.165) is 12.0 Å². The van der Waals surface area contributed by atoms with E-state index in [-0.39, 0.29) is 17.0 Å². The molecule has 1 aliphatic rings. The van der Waals surface area contributed by atoms with Crippen LogP contribution in [0.5, 0.6) is 0 Å². The highest BCUT2D eigenvalue weighted by atomic mass is 35.5. The summed E-state index contributed by atoms with van der Waals surface area (Å²) in [6, 6.07) is 6.56. The molecule has 1 fully saturated rings. The summed E-state index contributed by atoms with van der Waals surface area (Å²) in [6.45, 7) is 0. The topological polar surface area (TPSA) is 66.4 Å². The smallest absolute Gasteiger partial charge is 0.240 e. The molecule has 1 aliphatic carbocycles. The van der Waals surface area contributed by atoms with Crippen LogP contribution in [-0.4, -0.2) is 31.6 Å². The third-order valence-electron chi connectivity index (χ3n) is 3.05. The Hall–Kier alpha value is -0.620. The number of hydrogen-bond acceptors (Lipinski definition) is 3. The van der Waals surface area contributed by atoms with Gasteiger partial charge in [-0.1, -0.05) is 12.1 Å². The lowest BCUT2D eigenvalue weighted by Gasteiger charge is -2.31. The molecule has 0 radical (unpaired) electrons. The third-order valence-corrected chi connectivity index (χ3v) is 4.78. The Labute approximate surface area is 112 Å². The average molecular weight is 290 g/mol. The summed E-state index contributed by atoms with van der Waals surface area (Å²) in [5.74, 6) is 0.518. The van der Waals surface area contributed by atoms with Crippen LogP contribution in [0.4, 0.5) is 0 Å². The summed E-state index contributed by atoms with van der Waals surface area (Å²) >= 11 is 5.62. The highest BCUT2D eigenvalue weighted by Gasteiger charge is 2.31. The van der Waals surface area contributed by atoms with Crippen LogP contribution >= 0.6 is 11.6 Å². The molecule has 1 aromatic rings. The Balaban J connectivity index is 2.04. The van der Waals surface area contributed by atoms with E-state index in [2.05, 4.69) is 4.72 Å². The Morgan fingerprint density at radius 3 is 2.39 bits per heavy atom. The third kappa shape index (κ3) is 3.23. The van der Waals surface area contributed by atoms with Gasteiger partial charge in [-0.05, 0) is 37.0 Å². The number of rotatable bonds is 5. The van der Waals surface area contributed by atoms with Crippen molar-refractivity contribution >= 4 is 21.6 Å². The van der Waals surface area contributed by atoms with Crippen molar-refractivity contribution in [1.29, 1.82) is 0 Å². The number of alkyl halides is 1. The zero-order valence-corrected chi connectivity index (χ0v) is 11.4. The molecule has 2 N–H and O–H groups in total. The Morgan fingerprint density at radius 1 is 1.28 bits per heavy atom. The molecule has 6 heteroatoms. The van der Waals surface area contributed by atoms with Crippen LogP contribution in [0.2, 0.25) is 0 Å². The molecule has 0 aromatic heterocycles. The quantitative estimate of drug-likeness (QED) is 0.802. The monoisotopic (exact) mass is 289 g/mol. The zero-order chi connectivity index (χ0) is 13.2. The van der Waals surface area contributed by atoms with Crippen molar-refractivity contribution in [2.75, 3.05) is 5.88 Å². The summed E-state index contributed by atoms with van der Waals surface area (Å²) in [6.07, 6.45) is 1.33. The molecule has 2 rings (SSSR count). The fourth-order valence-corrected chi connectivity index (χ4v) is 3.40. The van der Waals surface area contributed by atoms with Gasteiger partial charge in [-0.15, -0.1) is 11.6 Å². The molecule has 0 saturated heterocycles. The SMILES string of the molecule is O=S(=O)(NC1CC(O)C1)c1ccc(CCCl)cc1. The molecule has 0 spiro atoms.